The van der Waals surface area contributed by atoms with Crippen LogP contribution in [0.4, 0.5) is 11.8 Å². The third-order valence-electron chi connectivity index (χ3n) is 2.77. The van der Waals surface area contributed by atoms with E-state index >= 15 is 0 Å². The van der Waals surface area contributed by atoms with Gasteiger partial charge in [-0.05, 0) is 32.3 Å². The van der Waals surface area contributed by atoms with E-state index in [0.717, 1.165) is 41.8 Å². The van der Waals surface area contributed by atoms with Gasteiger partial charge in [0.15, 0.2) is 0 Å². The highest BCUT2D eigenvalue weighted by molar-refractivity contribution is 7.18. The van der Waals surface area contributed by atoms with Gasteiger partial charge in [-0.1, -0.05) is 0 Å². The molecule has 0 bridgehead atoms. The Bertz CT molecular complexity index is 542. The molecule has 0 fully saturated rings. The second-order valence-corrected chi connectivity index (χ2v) is 5.56. The lowest BCUT2D eigenvalue weighted by atomic mass is 10.2. The van der Waals surface area contributed by atoms with Crippen LogP contribution in [0.15, 0.2) is 6.07 Å². The number of hydrazine groups is 1. The number of hydrogen-bond acceptors (Lipinski definition) is 7. The van der Waals surface area contributed by atoms with Crippen molar-refractivity contribution in [2.75, 3.05) is 23.9 Å². The summed E-state index contributed by atoms with van der Waals surface area (Å²) >= 11 is 1.62. The zero-order valence-corrected chi connectivity index (χ0v) is 11.8. The standard InChI is InChI=1S/C12H19N5OS/c1-8-7-9-10(14-5-3-2-4-6-18)15-12(17-13)16-11(9)19-8/h7,18H,2-6,13H2,1H3,(H2,14,15,16,17). The number of aromatic nitrogens is 2. The number of nitrogens with one attached hydrogen (secondary N) is 2. The van der Waals surface area contributed by atoms with Gasteiger partial charge in [-0.15, -0.1) is 11.3 Å². The van der Waals surface area contributed by atoms with E-state index in [0.29, 0.717) is 5.95 Å². The average molecular weight is 281 g/mol. The fourth-order valence-corrected chi connectivity index (χ4v) is 2.74. The number of rotatable bonds is 7. The van der Waals surface area contributed by atoms with Crippen LogP contribution in [0.1, 0.15) is 24.1 Å². The van der Waals surface area contributed by atoms with Crippen LogP contribution in [0, 0.1) is 6.92 Å². The predicted molar refractivity (Wildman–Crippen MR) is 79.4 cm³/mol. The minimum absolute atomic E-state index is 0.253. The first-order valence-electron chi connectivity index (χ1n) is 6.34. The smallest absolute Gasteiger partial charge is 0.240 e. The molecule has 7 heteroatoms. The summed E-state index contributed by atoms with van der Waals surface area (Å²) in [5.41, 5.74) is 2.49. The Kier molecular flexibility index (Phi) is 4.89. The van der Waals surface area contributed by atoms with Gasteiger partial charge in [-0.2, -0.15) is 4.98 Å². The third kappa shape index (κ3) is 3.52. The minimum Gasteiger partial charge on any atom is -0.396 e. The summed E-state index contributed by atoms with van der Waals surface area (Å²) in [7, 11) is 0. The summed E-state index contributed by atoms with van der Waals surface area (Å²) < 4.78 is 0. The first-order valence-corrected chi connectivity index (χ1v) is 7.15. The molecule has 2 rings (SSSR count). The molecule has 0 aliphatic rings. The van der Waals surface area contributed by atoms with Crippen molar-refractivity contribution >= 4 is 33.3 Å². The molecule has 5 N–H and O–H groups in total. The Labute approximate surface area is 116 Å². The van der Waals surface area contributed by atoms with E-state index in [9.17, 15) is 0 Å². The Morgan fingerprint density at radius 3 is 2.89 bits per heavy atom. The van der Waals surface area contributed by atoms with Gasteiger partial charge in [-0.25, -0.2) is 10.8 Å². The number of anilines is 2. The van der Waals surface area contributed by atoms with Crippen LogP contribution in [0.3, 0.4) is 0 Å². The van der Waals surface area contributed by atoms with Crippen molar-refractivity contribution in [1.82, 2.24) is 9.97 Å². The highest BCUT2D eigenvalue weighted by Crippen LogP contribution is 2.29. The zero-order chi connectivity index (χ0) is 13.7. The van der Waals surface area contributed by atoms with Crippen LogP contribution in [-0.4, -0.2) is 28.2 Å². The largest absolute Gasteiger partial charge is 0.396 e. The molecule has 2 aromatic heterocycles. The van der Waals surface area contributed by atoms with E-state index in [1.54, 1.807) is 11.3 Å². The number of aliphatic hydroxyl groups is 1. The Morgan fingerprint density at radius 2 is 2.16 bits per heavy atom. The molecule has 19 heavy (non-hydrogen) atoms. The zero-order valence-electron chi connectivity index (χ0n) is 10.9. The molecule has 0 saturated carbocycles. The number of nitrogens with zero attached hydrogens (tertiary/aromatic N) is 2. The Morgan fingerprint density at radius 1 is 1.32 bits per heavy atom. The van der Waals surface area contributed by atoms with Gasteiger partial charge in [0, 0.05) is 18.0 Å². The maximum Gasteiger partial charge on any atom is 0.240 e. The number of nitrogens with two attached hydrogens (primary N) is 1. The molecule has 0 amide bonds. The number of fused-ring (bicyclic) bond motifs is 1. The lowest BCUT2D eigenvalue weighted by molar-refractivity contribution is 0.283. The number of aliphatic hydroxyl groups excluding tert-OH is 1. The van der Waals surface area contributed by atoms with Crippen LogP contribution in [0.25, 0.3) is 10.2 Å². The molecule has 0 unspecified atom stereocenters. The summed E-state index contributed by atoms with van der Waals surface area (Å²) in [6.07, 6.45) is 2.84. The molecule has 6 nitrogen and oxygen atoms in total. The first-order chi connectivity index (χ1) is 9.24. The molecular weight excluding hydrogens is 262 g/mol. The van der Waals surface area contributed by atoms with Gasteiger partial charge < -0.3 is 10.4 Å². The lowest BCUT2D eigenvalue weighted by Gasteiger charge is -2.08. The Balaban J connectivity index is 2.11. The van der Waals surface area contributed by atoms with Crippen LogP contribution >= 0.6 is 11.3 Å². The van der Waals surface area contributed by atoms with Crippen LogP contribution in [-0.2, 0) is 0 Å². The second kappa shape index (κ2) is 6.65. The summed E-state index contributed by atoms with van der Waals surface area (Å²) in [5.74, 6) is 6.62. The highest BCUT2D eigenvalue weighted by atomic mass is 32.1. The van der Waals surface area contributed by atoms with Crippen molar-refractivity contribution in [3.63, 3.8) is 0 Å². The topological polar surface area (TPSA) is 96.1 Å². The van der Waals surface area contributed by atoms with Crippen molar-refractivity contribution in [3.8, 4) is 0 Å². The fourth-order valence-electron chi connectivity index (χ4n) is 1.86. The molecular formula is C12H19N5OS. The van der Waals surface area contributed by atoms with Gasteiger partial charge in [0.2, 0.25) is 5.95 Å². The fraction of sp³-hybridized carbons (Fsp3) is 0.500. The van der Waals surface area contributed by atoms with E-state index in [-0.39, 0.29) is 6.61 Å². The van der Waals surface area contributed by atoms with Gasteiger partial charge in [-0.3, -0.25) is 5.43 Å². The van der Waals surface area contributed by atoms with Crippen molar-refractivity contribution in [3.05, 3.63) is 10.9 Å². The Hall–Kier alpha value is -1.44. The second-order valence-electron chi connectivity index (χ2n) is 4.33. The van der Waals surface area contributed by atoms with E-state index < -0.39 is 0 Å². The average Bonchev–Trinajstić information content (AvgIpc) is 2.78. The normalized spacial score (nSPS) is 10.9. The molecule has 0 spiro atoms. The molecule has 0 radical (unpaired) electrons. The van der Waals surface area contributed by atoms with E-state index in [1.165, 1.54) is 4.88 Å². The van der Waals surface area contributed by atoms with Crippen LogP contribution < -0.4 is 16.6 Å². The quantitative estimate of drug-likeness (QED) is 0.351. The molecule has 0 atom stereocenters. The van der Waals surface area contributed by atoms with E-state index in [2.05, 4.69) is 26.8 Å². The van der Waals surface area contributed by atoms with Crippen LogP contribution in [0.2, 0.25) is 0 Å². The van der Waals surface area contributed by atoms with Gasteiger partial charge in [0.25, 0.3) is 0 Å². The number of thiophene rings is 1. The molecule has 2 heterocycles. The number of nitrogen functional groups attached to an aromatic ring is 1. The third-order valence-corrected chi connectivity index (χ3v) is 3.72. The highest BCUT2D eigenvalue weighted by Gasteiger charge is 2.09. The predicted octanol–water partition coefficient (Wildman–Crippen LogP) is 1.86. The summed E-state index contributed by atoms with van der Waals surface area (Å²) in [4.78, 5) is 10.8. The monoisotopic (exact) mass is 281 g/mol. The lowest BCUT2D eigenvalue weighted by Crippen LogP contribution is -2.12. The molecule has 0 aliphatic heterocycles. The number of hydrogen-bond donors (Lipinski definition) is 4. The van der Waals surface area contributed by atoms with Crippen molar-refractivity contribution in [2.45, 2.75) is 26.2 Å². The molecule has 104 valence electrons. The SMILES string of the molecule is Cc1cc2c(NCCCCCO)nc(NN)nc2s1. The molecule has 2 aromatic rings. The van der Waals surface area contributed by atoms with Crippen LogP contribution in [0.5, 0.6) is 0 Å². The first kappa shape index (κ1) is 14.0. The maximum absolute atomic E-state index is 8.73. The number of unbranched alkanes of at least 4 members (excludes halogenated alkanes) is 2. The van der Waals surface area contributed by atoms with Gasteiger partial charge in [0.05, 0.1) is 5.39 Å². The summed E-state index contributed by atoms with van der Waals surface area (Å²) in [6.45, 7) is 3.13. The molecule has 0 aliphatic carbocycles. The number of aryl methyl sites for hydroxylation is 1. The molecule has 0 saturated heterocycles. The van der Waals surface area contributed by atoms with Crippen molar-refractivity contribution in [1.29, 1.82) is 0 Å². The molecule has 0 aromatic carbocycles. The summed E-state index contributed by atoms with van der Waals surface area (Å²) in [6, 6.07) is 2.08. The van der Waals surface area contributed by atoms with E-state index in [4.69, 9.17) is 10.9 Å². The maximum atomic E-state index is 8.73. The van der Waals surface area contributed by atoms with E-state index in [1.807, 2.05) is 6.92 Å². The van der Waals surface area contributed by atoms with Crippen molar-refractivity contribution < 1.29 is 5.11 Å². The van der Waals surface area contributed by atoms with Gasteiger partial charge in [0.1, 0.15) is 10.6 Å². The van der Waals surface area contributed by atoms with Gasteiger partial charge >= 0.3 is 0 Å². The minimum atomic E-state index is 0.253. The van der Waals surface area contributed by atoms with Crippen molar-refractivity contribution in [2.24, 2.45) is 5.84 Å². The summed E-state index contributed by atoms with van der Waals surface area (Å²) in [5, 5.41) is 13.1.